The fourth-order valence-electron chi connectivity index (χ4n) is 5.88. The van der Waals surface area contributed by atoms with Crippen molar-refractivity contribution in [2.24, 2.45) is 23.3 Å². The molecule has 0 saturated carbocycles. The molecular weight excluding hydrogens is 718 g/mol. The molecule has 1 aliphatic heterocycles. The van der Waals surface area contributed by atoms with Crippen LogP contribution in [0.5, 0.6) is 0 Å². The first-order valence-electron chi connectivity index (χ1n) is 18.0. The van der Waals surface area contributed by atoms with E-state index in [2.05, 4.69) is 10.6 Å². The SMILES string of the molecule is CC(C)C[C@H](NC(=O)[C@@H](O)[C@H](N)Cc1ccccc1)B(O)O.CC(C)C[C@H](NC(=O)[C@@H](O)[C@H](N)Cc1ccccc1)B1OC(=O)C(CC(=O)O)(CC(=O)O)O1. The maximum absolute atomic E-state index is 12.7. The summed E-state index contributed by atoms with van der Waals surface area (Å²) in [5.74, 6) is -7.19. The van der Waals surface area contributed by atoms with Crippen LogP contribution in [0.2, 0.25) is 0 Å². The molecule has 17 nitrogen and oxygen atoms in total. The Morgan fingerprint density at radius 1 is 0.745 bits per heavy atom. The van der Waals surface area contributed by atoms with Crippen LogP contribution in [0.15, 0.2) is 60.7 Å². The zero-order valence-electron chi connectivity index (χ0n) is 31.5. The lowest BCUT2D eigenvalue weighted by atomic mass is 9.73. The molecular formula is C36H54B2N4O13. The molecule has 6 atom stereocenters. The van der Waals surface area contributed by atoms with Crippen molar-refractivity contribution in [3.05, 3.63) is 71.8 Å². The topological polar surface area (TPSA) is 301 Å². The van der Waals surface area contributed by atoms with Gasteiger partial charge in [-0.2, -0.15) is 0 Å². The number of carboxylic acid groups (broad SMARTS) is 2. The van der Waals surface area contributed by atoms with Crippen LogP contribution in [0.1, 0.15) is 64.5 Å². The minimum absolute atomic E-state index is 0.0262. The Balaban J connectivity index is 0.000000413. The summed E-state index contributed by atoms with van der Waals surface area (Å²) in [6, 6.07) is 16.7. The van der Waals surface area contributed by atoms with Crippen LogP contribution in [0, 0.1) is 11.8 Å². The molecule has 55 heavy (non-hydrogen) atoms. The summed E-state index contributed by atoms with van der Waals surface area (Å²) < 4.78 is 10.7. The second kappa shape index (κ2) is 22.3. The second-order valence-corrected chi connectivity index (χ2v) is 14.5. The smallest absolute Gasteiger partial charge is 0.506 e. The summed E-state index contributed by atoms with van der Waals surface area (Å²) in [7, 11) is -3.11. The van der Waals surface area contributed by atoms with Gasteiger partial charge in [0.05, 0.1) is 24.7 Å². The van der Waals surface area contributed by atoms with Crippen molar-refractivity contribution in [1.29, 1.82) is 0 Å². The number of hydrogen-bond donors (Lipinski definition) is 10. The molecule has 2 aromatic carbocycles. The first kappa shape index (κ1) is 46.8. The molecule has 2 amide bonds. The van der Waals surface area contributed by atoms with E-state index in [0.29, 0.717) is 12.8 Å². The second-order valence-electron chi connectivity index (χ2n) is 14.5. The van der Waals surface area contributed by atoms with Crippen molar-refractivity contribution in [2.75, 3.05) is 0 Å². The van der Waals surface area contributed by atoms with Crippen LogP contribution >= 0.6 is 0 Å². The number of amides is 2. The molecule has 12 N–H and O–H groups in total. The standard InChI is InChI=1S/C21H29BN2O9.C15H25BN2O4/c1-12(2)8-15(22-32-20(31)21(33-22,10-16(25)26)11-17(27)28)24-19(30)18(29)14(23)9-13-6-4-3-5-7-13;1-10(2)8-13(16(21)22)18-15(20)14(19)12(17)9-11-6-4-3-5-7-11/h3-7,12,14-15,18,29H,8-11,23H2,1-2H3,(H,24,30)(H,25,26)(H,27,28);3-7,10,12-14,19,21-22H,8-9,17H2,1-2H3,(H,18,20)/t14-,15+,18+;12-,13+,14+/m11/s1. The molecule has 1 heterocycles. The Labute approximate surface area is 321 Å². The Bertz CT molecular complexity index is 1520. The number of aliphatic hydroxyl groups excluding tert-OH is 2. The molecule has 1 aliphatic rings. The van der Waals surface area contributed by atoms with E-state index in [1.165, 1.54) is 0 Å². The van der Waals surface area contributed by atoms with Crippen LogP contribution in [-0.4, -0.2) is 116 Å². The van der Waals surface area contributed by atoms with E-state index in [-0.39, 0.29) is 24.7 Å². The maximum atomic E-state index is 12.7. The monoisotopic (exact) mass is 772 g/mol. The van der Waals surface area contributed by atoms with Crippen molar-refractivity contribution in [3.8, 4) is 0 Å². The summed E-state index contributed by atoms with van der Waals surface area (Å²) in [5, 5.41) is 62.3. The largest absolute Gasteiger partial charge is 0.552 e. The number of carbonyl (C=O) groups is 5. The first-order chi connectivity index (χ1) is 25.7. The van der Waals surface area contributed by atoms with Gasteiger partial charge in [-0.3, -0.25) is 24.0 Å². The van der Waals surface area contributed by atoms with Gasteiger partial charge >= 0.3 is 32.1 Å². The van der Waals surface area contributed by atoms with E-state index in [0.717, 1.165) is 11.1 Å². The van der Waals surface area contributed by atoms with Crippen molar-refractivity contribution in [1.82, 2.24) is 10.6 Å². The number of nitrogens with one attached hydrogen (secondary N) is 2. The molecule has 0 radical (unpaired) electrons. The van der Waals surface area contributed by atoms with Gasteiger partial charge in [-0.15, -0.1) is 0 Å². The van der Waals surface area contributed by atoms with E-state index in [4.69, 9.17) is 31.0 Å². The highest BCUT2D eigenvalue weighted by Crippen LogP contribution is 2.32. The normalized spacial score (nSPS) is 16.8. The summed E-state index contributed by atoms with van der Waals surface area (Å²) in [4.78, 5) is 59.6. The lowest BCUT2D eigenvalue weighted by Crippen LogP contribution is -2.55. The van der Waals surface area contributed by atoms with Crippen LogP contribution < -0.4 is 22.1 Å². The number of hydrogen-bond acceptors (Lipinski definition) is 13. The molecule has 0 spiro atoms. The Morgan fingerprint density at radius 2 is 1.16 bits per heavy atom. The lowest BCUT2D eigenvalue weighted by molar-refractivity contribution is -0.157. The predicted molar refractivity (Wildman–Crippen MR) is 201 cm³/mol. The molecule has 0 aliphatic carbocycles. The van der Waals surface area contributed by atoms with Crippen molar-refractivity contribution < 1.29 is 63.8 Å². The van der Waals surface area contributed by atoms with E-state index >= 15 is 0 Å². The van der Waals surface area contributed by atoms with Gasteiger partial charge in [0.25, 0.3) is 0 Å². The predicted octanol–water partition coefficient (Wildman–Crippen LogP) is -0.803. The number of carboxylic acids is 2. The molecule has 1 fully saturated rings. The van der Waals surface area contributed by atoms with Gasteiger partial charge in [-0.05, 0) is 48.6 Å². The number of benzene rings is 2. The highest BCUT2D eigenvalue weighted by atomic mass is 16.7. The molecule has 19 heteroatoms. The fourth-order valence-corrected chi connectivity index (χ4v) is 5.88. The molecule has 2 aromatic rings. The minimum Gasteiger partial charge on any atom is -0.506 e. The van der Waals surface area contributed by atoms with Gasteiger partial charge in [-0.1, -0.05) is 88.4 Å². The molecule has 0 bridgehead atoms. The molecule has 3 rings (SSSR count). The molecule has 0 aromatic heterocycles. The maximum Gasteiger partial charge on any atom is 0.552 e. The third kappa shape index (κ3) is 15.7. The van der Waals surface area contributed by atoms with E-state index in [1.807, 2.05) is 76.2 Å². The molecule has 302 valence electrons. The van der Waals surface area contributed by atoms with E-state index < -0.39 is 98.6 Å². The summed E-state index contributed by atoms with van der Waals surface area (Å²) in [6.45, 7) is 7.46. The van der Waals surface area contributed by atoms with Crippen LogP contribution in [0.3, 0.4) is 0 Å². The number of rotatable bonds is 20. The van der Waals surface area contributed by atoms with Crippen molar-refractivity contribution in [3.63, 3.8) is 0 Å². The van der Waals surface area contributed by atoms with Gasteiger partial charge < -0.3 is 61.9 Å². The summed E-state index contributed by atoms with van der Waals surface area (Å²) in [5.41, 5.74) is 11.4. The number of nitrogens with two attached hydrogens (primary N) is 2. The average Bonchev–Trinajstić information content (AvgIpc) is 3.40. The molecule has 0 unspecified atom stereocenters. The van der Waals surface area contributed by atoms with Gasteiger partial charge in [0.15, 0.2) is 5.60 Å². The quantitative estimate of drug-likeness (QED) is 0.0737. The zero-order valence-corrected chi connectivity index (χ0v) is 31.5. The van der Waals surface area contributed by atoms with Gasteiger partial charge in [0, 0.05) is 12.1 Å². The number of aliphatic hydroxyl groups is 2. The van der Waals surface area contributed by atoms with E-state index in [1.54, 1.807) is 12.1 Å². The van der Waals surface area contributed by atoms with Gasteiger partial charge in [-0.25, -0.2) is 0 Å². The third-order valence-corrected chi connectivity index (χ3v) is 8.58. The highest BCUT2D eigenvalue weighted by Gasteiger charge is 2.58. The van der Waals surface area contributed by atoms with E-state index in [9.17, 15) is 44.2 Å². The fraction of sp³-hybridized carbons (Fsp3) is 0.528. The molecule has 1 saturated heterocycles. The van der Waals surface area contributed by atoms with Crippen LogP contribution in [0.4, 0.5) is 0 Å². The van der Waals surface area contributed by atoms with Crippen molar-refractivity contribution >= 4 is 44.0 Å². The van der Waals surface area contributed by atoms with Crippen molar-refractivity contribution in [2.45, 2.75) is 108 Å². The summed E-state index contributed by atoms with van der Waals surface area (Å²) >= 11 is 0. The minimum atomic E-state index is -2.22. The van der Waals surface area contributed by atoms with Crippen LogP contribution in [0.25, 0.3) is 0 Å². The first-order valence-corrected chi connectivity index (χ1v) is 18.0. The Kier molecular flexibility index (Phi) is 18.9. The Hall–Kier alpha value is -4.36. The Morgan fingerprint density at radius 3 is 1.55 bits per heavy atom. The zero-order chi connectivity index (χ0) is 41.5. The van der Waals surface area contributed by atoms with Gasteiger partial charge in [0.1, 0.15) is 12.2 Å². The summed E-state index contributed by atoms with van der Waals surface area (Å²) in [6.07, 6.45) is -3.60. The number of aliphatic carboxylic acids is 2. The van der Waals surface area contributed by atoms with Gasteiger partial charge in [0.2, 0.25) is 11.8 Å². The third-order valence-electron chi connectivity index (χ3n) is 8.58. The average molecular weight is 772 g/mol. The lowest BCUT2D eigenvalue weighted by Gasteiger charge is -2.26. The number of carbonyl (C=O) groups excluding carboxylic acids is 3. The van der Waals surface area contributed by atoms with Crippen LogP contribution in [-0.2, 0) is 46.1 Å². The highest BCUT2D eigenvalue weighted by molar-refractivity contribution is 6.51.